The second-order valence-corrected chi connectivity index (χ2v) is 8.16. The van der Waals surface area contributed by atoms with Crippen molar-refractivity contribution in [1.82, 2.24) is 15.2 Å². The molecular formula is C24H30FN3O3. The Hall–Kier alpha value is -2.67. The number of halogens is 1. The van der Waals surface area contributed by atoms with Crippen molar-refractivity contribution in [3.63, 3.8) is 0 Å². The molecule has 2 fully saturated rings. The fraction of sp³-hybridized carbons (Fsp3) is 0.500. The van der Waals surface area contributed by atoms with Gasteiger partial charge in [0, 0.05) is 30.8 Å². The third kappa shape index (κ3) is 5.73. The Balaban J connectivity index is 1.62. The summed E-state index contributed by atoms with van der Waals surface area (Å²) in [7, 11) is 0. The average molecular weight is 428 g/mol. The van der Waals surface area contributed by atoms with Crippen LogP contribution < -0.4 is 10.1 Å². The molecule has 1 N–H and O–H groups in total. The van der Waals surface area contributed by atoms with E-state index in [2.05, 4.69) is 27.3 Å². The Bertz CT molecular complexity index is 900. The summed E-state index contributed by atoms with van der Waals surface area (Å²) in [5, 5.41) is 2.77. The molecule has 0 bridgehead atoms. The molecule has 2 heterocycles. The fourth-order valence-corrected chi connectivity index (χ4v) is 4.03. The number of amides is 1. The number of ether oxygens (including phenoxy) is 2. The lowest BCUT2D eigenvalue weighted by Crippen LogP contribution is -2.34. The van der Waals surface area contributed by atoms with Gasteiger partial charge >= 0.3 is 6.09 Å². The van der Waals surface area contributed by atoms with Crippen LogP contribution in [0.1, 0.15) is 49.7 Å². The van der Waals surface area contributed by atoms with Gasteiger partial charge in [-0.3, -0.25) is 9.88 Å². The van der Waals surface area contributed by atoms with Crippen LogP contribution in [0.25, 0.3) is 11.3 Å². The third-order valence-corrected chi connectivity index (χ3v) is 5.76. The Morgan fingerprint density at radius 2 is 2.13 bits per heavy atom. The van der Waals surface area contributed by atoms with Crippen molar-refractivity contribution in [1.29, 1.82) is 0 Å². The predicted molar refractivity (Wildman–Crippen MR) is 117 cm³/mol. The SMILES string of the molecule is CCOc1cc(-c2ccc(F)cn2)c(C2CC2)cc1CN1CCCCNC(=O)OCC1. The smallest absolute Gasteiger partial charge is 0.407 e. The van der Waals surface area contributed by atoms with Gasteiger partial charge in [-0.2, -0.15) is 0 Å². The summed E-state index contributed by atoms with van der Waals surface area (Å²) < 4.78 is 24.7. The second-order valence-electron chi connectivity index (χ2n) is 8.16. The first-order valence-electron chi connectivity index (χ1n) is 11.2. The molecule has 0 unspecified atom stereocenters. The van der Waals surface area contributed by atoms with E-state index in [1.54, 1.807) is 6.07 Å². The molecule has 4 rings (SSSR count). The van der Waals surface area contributed by atoms with Gasteiger partial charge in [-0.05, 0) is 74.9 Å². The molecule has 7 heteroatoms. The minimum absolute atomic E-state index is 0.335. The maximum Gasteiger partial charge on any atom is 0.407 e. The van der Waals surface area contributed by atoms with Gasteiger partial charge in [0.1, 0.15) is 18.2 Å². The molecule has 1 aromatic carbocycles. The van der Waals surface area contributed by atoms with E-state index in [1.165, 1.54) is 17.8 Å². The zero-order valence-corrected chi connectivity index (χ0v) is 18.0. The van der Waals surface area contributed by atoms with Gasteiger partial charge in [-0.25, -0.2) is 9.18 Å². The van der Waals surface area contributed by atoms with Crippen LogP contribution in [-0.4, -0.2) is 48.8 Å². The summed E-state index contributed by atoms with van der Waals surface area (Å²) in [6, 6.07) is 7.50. The summed E-state index contributed by atoms with van der Waals surface area (Å²) in [4.78, 5) is 18.3. The highest BCUT2D eigenvalue weighted by molar-refractivity contribution is 5.69. The molecule has 1 aliphatic heterocycles. The lowest BCUT2D eigenvalue weighted by molar-refractivity contribution is 0.120. The quantitative estimate of drug-likeness (QED) is 0.736. The van der Waals surface area contributed by atoms with Crippen molar-refractivity contribution in [3.8, 4) is 17.0 Å². The van der Waals surface area contributed by atoms with E-state index in [0.717, 1.165) is 61.3 Å². The van der Waals surface area contributed by atoms with E-state index in [4.69, 9.17) is 9.47 Å². The summed E-state index contributed by atoms with van der Waals surface area (Å²) >= 11 is 0. The van der Waals surface area contributed by atoms with Gasteiger partial charge in [0.25, 0.3) is 0 Å². The lowest BCUT2D eigenvalue weighted by atomic mass is 9.96. The van der Waals surface area contributed by atoms with E-state index in [1.807, 2.05) is 6.92 Å². The molecule has 166 valence electrons. The minimum atomic E-state index is -0.343. The number of nitrogens with one attached hydrogen (secondary N) is 1. The highest BCUT2D eigenvalue weighted by Crippen LogP contribution is 2.46. The first-order chi connectivity index (χ1) is 15.1. The van der Waals surface area contributed by atoms with Crippen molar-refractivity contribution in [2.75, 3.05) is 32.8 Å². The number of rotatable bonds is 6. The maximum atomic E-state index is 13.4. The molecule has 1 amide bonds. The van der Waals surface area contributed by atoms with Gasteiger partial charge in [-0.15, -0.1) is 0 Å². The molecule has 1 aromatic heterocycles. The highest BCUT2D eigenvalue weighted by Gasteiger charge is 2.28. The van der Waals surface area contributed by atoms with Crippen LogP contribution in [0.5, 0.6) is 5.75 Å². The lowest BCUT2D eigenvalue weighted by Gasteiger charge is -2.25. The number of pyridine rings is 1. The van der Waals surface area contributed by atoms with Gasteiger partial charge in [-0.1, -0.05) is 0 Å². The van der Waals surface area contributed by atoms with Crippen LogP contribution in [0.3, 0.4) is 0 Å². The maximum absolute atomic E-state index is 13.4. The average Bonchev–Trinajstić information content (AvgIpc) is 3.60. The van der Waals surface area contributed by atoms with Gasteiger partial charge in [0.05, 0.1) is 18.5 Å². The van der Waals surface area contributed by atoms with Crippen LogP contribution in [0.4, 0.5) is 9.18 Å². The number of nitrogens with zero attached hydrogens (tertiary/aromatic N) is 2. The van der Waals surface area contributed by atoms with Crippen LogP contribution >= 0.6 is 0 Å². The topological polar surface area (TPSA) is 63.7 Å². The van der Waals surface area contributed by atoms with Crippen molar-refractivity contribution in [2.24, 2.45) is 0 Å². The number of carbonyl (C=O) groups is 1. The van der Waals surface area contributed by atoms with Gasteiger partial charge in [0.2, 0.25) is 0 Å². The Labute approximate surface area is 182 Å². The normalized spacial score (nSPS) is 18.2. The first kappa shape index (κ1) is 21.6. The van der Waals surface area contributed by atoms with E-state index in [-0.39, 0.29) is 11.9 Å². The van der Waals surface area contributed by atoms with Gasteiger partial charge < -0.3 is 14.8 Å². The van der Waals surface area contributed by atoms with Crippen LogP contribution in [0.2, 0.25) is 0 Å². The van der Waals surface area contributed by atoms with Crippen molar-refractivity contribution in [2.45, 2.75) is 45.1 Å². The number of hydrogen-bond acceptors (Lipinski definition) is 5. The van der Waals surface area contributed by atoms with Gasteiger partial charge in [0.15, 0.2) is 0 Å². The number of benzene rings is 1. The highest BCUT2D eigenvalue weighted by atomic mass is 19.1. The van der Waals surface area contributed by atoms with Crippen LogP contribution in [-0.2, 0) is 11.3 Å². The van der Waals surface area contributed by atoms with Crippen LogP contribution in [0.15, 0.2) is 30.5 Å². The number of cyclic esters (lactones) is 1. The molecule has 1 saturated heterocycles. The number of aromatic nitrogens is 1. The van der Waals surface area contributed by atoms with Crippen molar-refractivity contribution in [3.05, 3.63) is 47.4 Å². The number of carbonyl (C=O) groups excluding carboxylic acids is 1. The summed E-state index contributed by atoms with van der Waals surface area (Å²) in [5.74, 6) is 1.02. The molecular weight excluding hydrogens is 397 g/mol. The first-order valence-corrected chi connectivity index (χ1v) is 11.2. The molecule has 0 radical (unpaired) electrons. The zero-order chi connectivity index (χ0) is 21.6. The minimum Gasteiger partial charge on any atom is -0.494 e. The molecule has 1 aliphatic carbocycles. The van der Waals surface area contributed by atoms with Crippen LogP contribution in [0, 0.1) is 5.82 Å². The van der Waals surface area contributed by atoms with E-state index in [9.17, 15) is 9.18 Å². The molecule has 2 aromatic rings. The number of hydrogen-bond donors (Lipinski definition) is 1. The summed E-state index contributed by atoms with van der Waals surface area (Å²) in [6.45, 7) is 5.89. The van der Waals surface area contributed by atoms with Crippen molar-refractivity contribution >= 4 is 6.09 Å². The monoisotopic (exact) mass is 427 g/mol. The molecule has 1 saturated carbocycles. The standard InChI is InChI=1S/C24H30FN3O3/c1-2-30-23-14-21(22-8-7-19(25)15-27-22)20(17-5-6-17)13-18(23)16-28-10-4-3-9-26-24(29)31-12-11-28/h7-8,13-15,17H,2-6,9-12,16H2,1H3,(H,26,29). The number of alkyl carbamates (subject to hydrolysis) is 1. The Morgan fingerprint density at radius 1 is 1.26 bits per heavy atom. The molecule has 6 nitrogen and oxygen atoms in total. The Morgan fingerprint density at radius 3 is 2.87 bits per heavy atom. The predicted octanol–water partition coefficient (Wildman–Crippen LogP) is 4.49. The van der Waals surface area contributed by atoms with E-state index < -0.39 is 0 Å². The van der Waals surface area contributed by atoms with E-state index >= 15 is 0 Å². The molecule has 0 atom stereocenters. The van der Waals surface area contributed by atoms with Crippen molar-refractivity contribution < 1.29 is 18.7 Å². The largest absolute Gasteiger partial charge is 0.494 e. The summed E-state index contributed by atoms with van der Waals surface area (Å²) in [6.07, 6.45) is 5.18. The van der Waals surface area contributed by atoms with E-state index in [0.29, 0.717) is 32.2 Å². The molecule has 0 spiro atoms. The molecule has 2 aliphatic rings. The zero-order valence-electron chi connectivity index (χ0n) is 18.0. The Kier molecular flexibility index (Phi) is 7.02. The fourth-order valence-electron chi connectivity index (χ4n) is 4.03. The second kappa shape index (κ2) is 10.1. The molecule has 31 heavy (non-hydrogen) atoms. The third-order valence-electron chi connectivity index (χ3n) is 5.76. The summed E-state index contributed by atoms with van der Waals surface area (Å²) in [5.41, 5.74) is 4.19.